The minimum atomic E-state index is -0.275. The minimum Gasteiger partial charge on any atom is -0.387 e. The lowest BCUT2D eigenvalue weighted by atomic mass is 9.98. The molecule has 4 N–H and O–H groups in total. The second-order valence-corrected chi connectivity index (χ2v) is 5.28. The van der Waals surface area contributed by atoms with Gasteiger partial charge < -0.3 is 11.5 Å². The van der Waals surface area contributed by atoms with Crippen LogP contribution in [-0.2, 0) is 12.8 Å². The number of fused-ring (bicyclic) bond motifs is 1. The lowest BCUT2D eigenvalue weighted by Gasteiger charge is -2.10. The lowest BCUT2D eigenvalue weighted by molar-refractivity contribution is 0.618. The molecule has 0 aromatic heterocycles. The zero-order valence-corrected chi connectivity index (χ0v) is 12.1. The van der Waals surface area contributed by atoms with Crippen molar-refractivity contribution < 1.29 is 4.39 Å². The Bertz CT molecular complexity index is 780. The number of amidine groups is 1. The van der Waals surface area contributed by atoms with Crippen molar-refractivity contribution >= 4 is 23.9 Å². The van der Waals surface area contributed by atoms with Crippen LogP contribution in [0.25, 0.3) is 11.1 Å². The molecule has 0 unspecified atom stereocenters. The van der Waals surface area contributed by atoms with Gasteiger partial charge in [-0.05, 0) is 60.6 Å². The molecule has 0 saturated carbocycles. The van der Waals surface area contributed by atoms with Crippen molar-refractivity contribution in [3.63, 3.8) is 0 Å². The number of halogens is 1. The topological polar surface area (TPSA) is 76.8 Å². The van der Waals surface area contributed by atoms with Crippen LogP contribution in [0.5, 0.6) is 0 Å². The van der Waals surface area contributed by atoms with Gasteiger partial charge in [0, 0.05) is 12.0 Å². The van der Waals surface area contributed by atoms with Gasteiger partial charge in [0.1, 0.15) is 11.7 Å². The second kappa shape index (κ2) is 5.69. The summed E-state index contributed by atoms with van der Waals surface area (Å²) in [5.41, 5.74) is 16.0. The number of nitrogens with zero attached hydrogens (tertiary/aromatic N) is 2. The van der Waals surface area contributed by atoms with Gasteiger partial charge in [0.05, 0.1) is 11.4 Å². The van der Waals surface area contributed by atoms with E-state index >= 15 is 0 Å². The molecule has 22 heavy (non-hydrogen) atoms. The van der Waals surface area contributed by atoms with Gasteiger partial charge in [-0.3, -0.25) is 4.99 Å². The molecule has 0 bridgehead atoms. The van der Waals surface area contributed by atoms with Gasteiger partial charge in [0.2, 0.25) is 0 Å². The maximum absolute atomic E-state index is 14.2. The third-order valence-electron chi connectivity index (χ3n) is 3.79. The zero-order valence-electron chi connectivity index (χ0n) is 12.1. The van der Waals surface area contributed by atoms with E-state index in [0.29, 0.717) is 36.5 Å². The molecule has 0 saturated heterocycles. The number of aliphatic imine (C=N–C) groups is 2. The van der Waals surface area contributed by atoms with Crippen molar-refractivity contribution in [2.75, 3.05) is 6.54 Å². The van der Waals surface area contributed by atoms with Crippen LogP contribution in [0.1, 0.15) is 11.1 Å². The van der Waals surface area contributed by atoms with Crippen LogP contribution in [-0.4, -0.2) is 19.1 Å². The van der Waals surface area contributed by atoms with Crippen LogP contribution in [0, 0.1) is 5.82 Å². The summed E-state index contributed by atoms with van der Waals surface area (Å²) in [5.74, 6) is 0.170. The average Bonchev–Trinajstić information content (AvgIpc) is 2.88. The SMILES string of the molecule is C=Nc1ccc(-c2cc(F)c3c(c2)N=C(N)C3)cc1CCN. The van der Waals surface area contributed by atoms with Gasteiger partial charge in [0.15, 0.2) is 0 Å². The molecule has 112 valence electrons. The number of nitrogens with two attached hydrogens (primary N) is 2. The first kappa shape index (κ1) is 14.4. The summed E-state index contributed by atoms with van der Waals surface area (Å²) in [7, 11) is 0. The van der Waals surface area contributed by atoms with Crippen LogP contribution in [0.15, 0.2) is 40.3 Å². The Hall–Kier alpha value is -2.53. The summed E-state index contributed by atoms with van der Waals surface area (Å²) in [6.07, 6.45) is 1.07. The van der Waals surface area contributed by atoms with E-state index in [0.717, 1.165) is 22.4 Å². The number of benzene rings is 2. The molecule has 5 heteroatoms. The molecular formula is C17H17FN4. The maximum atomic E-state index is 14.2. The first-order valence-corrected chi connectivity index (χ1v) is 7.08. The molecular weight excluding hydrogens is 279 g/mol. The molecule has 0 atom stereocenters. The van der Waals surface area contributed by atoms with E-state index in [-0.39, 0.29) is 5.82 Å². The first-order chi connectivity index (χ1) is 10.6. The lowest BCUT2D eigenvalue weighted by Crippen LogP contribution is -2.10. The van der Waals surface area contributed by atoms with E-state index in [2.05, 4.69) is 16.7 Å². The summed E-state index contributed by atoms with van der Waals surface area (Å²) in [4.78, 5) is 8.19. The van der Waals surface area contributed by atoms with Crippen molar-refractivity contribution in [3.05, 3.63) is 47.3 Å². The average molecular weight is 296 g/mol. The molecule has 0 radical (unpaired) electrons. The van der Waals surface area contributed by atoms with Crippen LogP contribution >= 0.6 is 0 Å². The van der Waals surface area contributed by atoms with E-state index < -0.39 is 0 Å². The van der Waals surface area contributed by atoms with Gasteiger partial charge in [-0.15, -0.1) is 0 Å². The van der Waals surface area contributed by atoms with Crippen LogP contribution in [0.3, 0.4) is 0 Å². The Morgan fingerprint density at radius 2 is 2.05 bits per heavy atom. The highest BCUT2D eigenvalue weighted by atomic mass is 19.1. The van der Waals surface area contributed by atoms with Crippen molar-refractivity contribution in [2.45, 2.75) is 12.8 Å². The Balaban J connectivity index is 2.08. The Morgan fingerprint density at radius 1 is 1.23 bits per heavy atom. The van der Waals surface area contributed by atoms with Gasteiger partial charge >= 0.3 is 0 Å². The zero-order chi connectivity index (χ0) is 15.7. The molecule has 0 spiro atoms. The van der Waals surface area contributed by atoms with Gasteiger partial charge in [-0.2, -0.15) is 0 Å². The number of hydrogen-bond acceptors (Lipinski definition) is 4. The third kappa shape index (κ3) is 2.51. The van der Waals surface area contributed by atoms with E-state index in [1.165, 1.54) is 6.07 Å². The molecule has 1 aliphatic heterocycles. The second-order valence-electron chi connectivity index (χ2n) is 5.28. The molecule has 4 nitrogen and oxygen atoms in total. The third-order valence-corrected chi connectivity index (χ3v) is 3.79. The maximum Gasteiger partial charge on any atom is 0.129 e. The number of rotatable bonds is 4. The summed E-state index contributed by atoms with van der Waals surface area (Å²) >= 11 is 0. The smallest absolute Gasteiger partial charge is 0.129 e. The predicted octanol–water partition coefficient (Wildman–Crippen LogP) is 2.87. The molecule has 2 aromatic carbocycles. The Labute approximate surface area is 128 Å². The molecule has 0 fully saturated rings. The van der Waals surface area contributed by atoms with E-state index in [9.17, 15) is 4.39 Å². The molecule has 1 heterocycles. The van der Waals surface area contributed by atoms with Gasteiger partial charge in [-0.1, -0.05) is 6.07 Å². The fourth-order valence-electron chi connectivity index (χ4n) is 2.71. The monoisotopic (exact) mass is 296 g/mol. The summed E-state index contributed by atoms with van der Waals surface area (Å²) < 4.78 is 14.2. The van der Waals surface area contributed by atoms with Crippen molar-refractivity contribution in [2.24, 2.45) is 21.5 Å². The van der Waals surface area contributed by atoms with Crippen molar-refractivity contribution in [3.8, 4) is 11.1 Å². The molecule has 3 rings (SSSR count). The van der Waals surface area contributed by atoms with Crippen molar-refractivity contribution in [1.82, 2.24) is 0 Å². The molecule has 0 amide bonds. The fourth-order valence-corrected chi connectivity index (χ4v) is 2.71. The summed E-state index contributed by atoms with van der Waals surface area (Å²) in [6, 6.07) is 9.12. The molecule has 2 aromatic rings. The van der Waals surface area contributed by atoms with Crippen LogP contribution in [0.4, 0.5) is 15.8 Å². The van der Waals surface area contributed by atoms with Gasteiger partial charge in [0.25, 0.3) is 0 Å². The van der Waals surface area contributed by atoms with Crippen LogP contribution < -0.4 is 11.5 Å². The van der Waals surface area contributed by atoms with Gasteiger partial charge in [-0.25, -0.2) is 9.38 Å². The van der Waals surface area contributed by atoms with E-state index in [4.69, 9.17) is 11.5 Å². The highest BCUT2D eigenvalue weighted by molar-refractivity contribution is 5.92. The predicted molar refractivity (Wildman–Crippen MR) is 88.8 cm³/mol. The minimum absolute atomic E-state index is 0.275. The first-order valence-electron chi connectivity index (χ1n) is 7.08. The normalized spacial score (nSPS) is 12.9. The summed E-state index contributed by atoms with van der Waals surface area (Å²) in [5, 5.41) is 0. The van der Waals surface area contributed by atoms with Crippen LogP contribution in [0.2, 0.25) is 0 Å². The fraction of sp³-hybridized carbons (Fsp3) is 0.176. The Kier molecular flexibility index (Phi) is 3.73. The quantitative estimate of drug-likeness (QED) is 0.851. The van der Waals surface area contributed by atoms with E-state index in [1.54, 1.807) is 0 Å². The van der Waals surface area contributed by atoms with Crippen molar-refractivity contribution in [1.29, 1.82) is 0 Å². The molecule has 0 aliphatic carbocycles. The van der Waals surface area contributed by atoms with E-state index in [1.807, 2.05) is 24.3 Å². The highest BCUT2D eigenvalue weighted by Gasteiger charge is 2.18. The Morgan fingerprint density at radius 3 is 2.77 bits per heavy atom. The standard InChI is InChI=1S/C17H17FN4/c1-21-15-3-2-10(6-11(15)4-5-19)12-7-14(18)13-9-17(20)22-16(13)8-12/h2-3,6-8H,1,4-5,9,19H2,(H2,20,22). The molecule has 1 aliphatic rings. The number of hydrogen-bond donors (Lipinski definition) is 2. The highest BCUT2D eigenvalue weighted by Crippen LogP contribution is 2.35. The largest absolute Gasteiger partial charge is 0.387 e. The summed E-state index contributed by atoms with van der Waals surface area (Å²) in [6.45, 7) is 4.08.